The van der Waals surface area contributed by atoms with E-state index in [0.29, 0.717) is 17.5 Å². The standard InChI is InChI=1S/C54H33N9/c1-3-13-34(14-4-1)52-58-53(35-15-5-2-6-16-35)60-54(59-52)36-29-46(61-43-20-10-7-17-37(43)40-23-26-55-31-48(40)61)51(63-45-22-12-9-19-39(45)42-25-28-57-33-50(42)63)47(30-36)62-44-21-11-8-18-38(44)41-24-27-56-32-49(41)62/h1-33H. The molecule has 294 valence electrons. The summed E-state index contributed by atoms with van der Waals surface area (Å²) in [6, 6.07) is 56.8. The van der Waals surface area contributed by atoms with E-state index in [4.69, 9.17) is 29.9 Å². The lowest BCUT2D eigenvalue weighted by atomic mass is 10.1. The average Bonchev–Trinajstić information content (AvgIpc) is 4.00. The van der Waals surface area contributed by atoms with E-state index in [1.807, 2.05) is 97.8 Å². The number of hydrogen-bond donors (Lipinski definition) is 0. The molecule has 0 spiro atoms. The normalized spacial score (nSPS) is 11.8. The summed E-state index contributed by atoms with van der Waals surface area (Å²) in [5.74, 6) is 1.71. The molecular weight excluding hydrogens is 775 g/mol. The number of aromatic nitrogens is 9. The van der Waals surface area contributed by atoms with Gasteiger partial charge in [0.15, 0.2) is 17.5 Å². The highest BCUT2D eigenvalue weighted by molar-refractivity contribution is 6.13. The first-order valence-electron chi connectivity index (χ1n) is 20.8. The van der Waals surface area contributed by atoms with Crippen molar-refractivity contribution in [2.75, 3.05) is 0 Å². The lowest BCUT2D eigenvalue weighted by molar-refractivity contribution is 1.03. The van der Waals surface area contributed by atoms with Crippen molar-refractivity contribution in [3.63, 3.8) is 0 Å². The third-order valence-corrected chi connectivity index (χ3v) is 12.2. The largest absolute Gasteiger partial charge is 0.305 e. The van der Waals surface area contributed by atoms with Gasteiger partial charge in [-0.3, -0.25) is 15.0 Å². The lowest BCUT2D eigenvalue weighted by Crippen LogP contribution is -2.11. The van der Waals surface area contributed by atoms with E-state index in [1.165, 1.54) is 0 Å². The van der Waals surface area contributed by atoms with E-state index >= 15 is 0 Å². The van der Waals surface area contributed by atoms with Crippen molar-refractivity contribution < 1.29 is 0 Å². The van der Waals surface area contributed by atoms with Crippen molar-refractivity contribution >= 4 is 65.4 Å². The fourth-order valence-corrected chi connectivity index (χ4v) is 9.46. The molecule has 0 aliphatic rings. The van der Waals surface area contributed by atoms with Gasteiger partial charge in [-0.2, -0.15) is 0 Å². The predicted molar refractivity (Wildman–Crippen MR) is 253 cm³/mol. The Bertz CT molecular complexity index is 3570. The maximum atomic E-state index is 5.30. The summed E-state index contributed by atoms with van der Waals surface area (Å²) in [4.78, 5) is 29.9. The molecule has 0 bridgehead atoms. The number of benzene rings is 6. The van der Waals surface area contributed by atoms with Crippen molar-refractivity contribution in [2.24, 2.45) is 0 Å². The second kappa shape index (κ2) is 13.9. The molecule has 0 saturated heterocycles. The molecule has 13 rings (SSSR count). The number of hydrogen-bond acceptors (Lipinski definition) is 6. The fourth-order valence-electron chi connectivity index (χ4n) is 9.46. The first-order chi connectivity index (χ1) is 31.3. The lowest BCUT2D eigenvalue weighted by Gasteiger charge is -2.23. The molecule has 0 atom stereocenters. The third kappa shape index (κ3) is 5.36. The van der Waals surface area contributed by atoms with Crippen LogP contribution < -0.4 is 0 Å². The van der Waals surface area contributed by atoms with Crippen molar-refractivity contribution in [3.8, 4) is 51.2 Å². The molecule has 9 nitrogen and oxygen atoms in total. The van der Waals surface area contributed by atoms with Gasteiger partial charge in [-0.15, -0.1) is 0 Å². The van der Waals surface area contributed by atoms with Crippen molar-refractivity contribution in [1.29, 1.82) is 0 Å². The minimum atomic E-state index is 0.540. The topological polar surface area (TPSA) is 92.1 Å². The maximum Gasteiger partial charge on any atom is 0.164 e. The molecule has 7 aromatic heterocycles. The zero-order valence-electron chi connectivity index (χ0n) is 33.6. The summed E-state index contributed by atoms with van der Waals surface area (Å²) in [6.45, 7) is 0. The number of nitrogens with zero attached hydrogens (tertiary/aromatic N) is 9. The molecule has 0 saturated carbocycles. The van der Waals surface area contributed by atoms with Crippen LogP contribution in [0.3, 0.4) is 0 Å². The molecule has 9 heteroatoms. The van der Waals surface area contributed by atoms with Crippen LogP contribution in [-0.4, -0.2) is 43.6 Å². The number of pyridine rings is 3. The molecule has 63 heavy (non-hydrogen) atoms. The van der Waals surface area contributed by atoms with Crippen LogP contribution in [0.4, 0.5) is 0 Å². The summed E-state index contributed by atoms with van der Waals surface area (Å²) in [6.07, 6.45) is 11.5. The van der Waals surface area contributed by atoms with Gasteiger partial charge >= 0.3 is 0 Å². The first-order valence-corrected chi connectivity index (χ1v) is 20.8. The van der Waals surface area contributed by atoms with Crippen LogP contribution in [0.2, 0.25) is 0 Å². The third-order valence-electron chi connectivity index (χ3n) is 12.2. The Hall–Kier alpha value is -8.82. The van der Waals surface area contributed by atoms with Crippen molar-refractivity contribution in [1.82, 2.24) is 43.6 Å². The molecule has 0 aliphatic carbocycles. The van der Waals surface area contributed by atoms with Crippen LogP contribution in [-0.2, 0) is 0 Å². The van der Waals surface area contributed by atoms with Gasteiger partial charge in [-0.25, -0.2) is 15.0 Å². The summed E-state index contributed by atoms with van der Waals surface area (Å²) in [5, 5.41) is 6.67. The summed E-state index contributed by atoms with van der Waals surface area (Å²) >= 11 is 0. The molecule has 0 aliphatic heterocycles. The van der Waals surface area contributed by atoms with Gasteiger partial charge in [-0.05, 0) is 48.5 Å². The second-order valence-corrected chi connectivity index (χ2v) is 15.6. The van der Waals surface area contributed by atoms with Crippen LogP contribution in [0.5, 0.6) is 0 Å². The quantitative estimate of drug-likeness (QED) is 0.166. The second-order valence-electron chi connectivity index (χ2n) is 15.6. The highest BCUT2D eigenvalue weighted by Crippen LogP contribution is 2.44. The fraction of sp³-hybridized carbons (Fsp3) is 0. The van der Waals surface area contributed by atoms with E-state index in [2.05, 4.69) is 117 Å². The Morgan fingerprint density at radius 3 is 1.05 bits per heavy atom. The Morgan fingerprint density at radius 1 is 0.286 bits per heavy atom. The first kappa shape index (κ1) is 35.0. The SMILES string of the molecule is c1ccc(-c2nc(-c3ccccc3)nc(-c3cc(-n4c5ccccc5c5ccncc54)c(-n4c5ccccc5c5ccncc54)c(-n4c5ccccc5c5ccncc54)c3)n2)cc1. The molecule has 7 heterocycles. The molecular formula is C54H33N9. The van der Waals surface area contributed by atoms with Crippen LogP contribution >= 0.6 is 0 Å². The van der Waals surface area contributed by atoms with Crippen LogP contribution in [0.15, 0.2) is 201 Å². The summed E-state index contributed by atoms with van der Waals surface area (Å²) in [5.41, 5.74) is 11.4. The van der Waals surface area contributed by atoms with Gasteiger partial charge < -0.3 is 13.7 Å². The van der Waals surface area contributed by atoms with E-state index in [0.717, 1.165) is 99.2 Å². The molecule has 6 aromatic carbocycles. The maximum absolute atomic E-state index is 5.30. The van der Waals surface area contributed by atoms with E-state index in [1.54, 1.807) is 0 Å². The number of rotatable bonds is 6. The minimum absolute atomic E-state index is 0.540. The van der Waals surface area contributed by atoms with Crippen LogP contribution in [0, 0.1) is 0 Å². The van der Waals surface area contributed by atoms with E-state index in [-0.39, 0.29) is 0 Å². The van der Waals surface area contributed by atoms with E-state index in [9.17, 15) is 0 Å². The van der Waals surface area contributed by atoms with Gasteiger partial charge in [-0.1, -0.05) is 115 Å². The Labute approximate surface area is 359 Å². The van der Waals surface area contributed by atoms with Crippen molar-refractivity contribution in [3.05, 3.63) is 201 Å². The van der Waals surface area contributed by atoms with E-state index < -0.39 is 0 Å². The molecule has 0 N–H and O–H groups in total. The molecule has 0 unspecified atom stereocenters. The number of para-hydroxylation sites is 3. The summed E-state index contributed by atoms with van der Waals surface area (Å²) in [7, 11) is 0. The number of fused-ring (bicyclic) bond motifs is 9. The summed E-state index contributed by atoms with van der Waals surface area (Å²) < 4.78 is 7.07. The van der Waals surface area contributed by atoms with Crippen LogP contribution in [0.25, 0.3) is 117 Å². The van der Waals surface area contributed by atoms with Gasteiger partial charge in [0.25, 0.3) is 0 Å². The molecule has 13 aromatic rings. The highest BCUT2D eigenvalue weighted by Gasteiger charge is 2.27. The molecule has 0 radical (unpaired) electrons. The van der Waals surface area contributed by atoms with Gasteiger partial charge in [0.2, 0.25) is 0 Å². The average molecular weight is 808 g/mol. The van der Waals surface area contributed by atoms with Crippen molar-refractivity contribution in [2.45, 2.75) is 0 Å². The van der Waals surface area contributed by atoms with Gasteiger partial charge in [0.1, 0.15) is 0 Å². The van der Waals surface area contributed by atoms with Gasteiger partial charge in [0.05, 0.1) is 68.8 Å². The van der Waals surface area contributed by atoms with Crippen LogP contribution in [0.1, 0.15) is 0 Å². The zero-order chi connectivity index (χ0) is 41.4. The smallest absolute Gasteiger partial charge is 0.164 e. The minimum Gasteiger partial charge on any atom is -0.305 e. The Morgan fingerprint density at radius 2 is 0.619 bits per heavy atom. The van der Waals surface area contributed by atoms with Gasteiger partial charge in [0, 0.05) is 67.6 Å². The highest BCUT2D eigenvalue weighted by atomic mass is 15.1. The monoisotopic (exact) mass is 807 g/mol. The molecule has 0 fully saturated rings. The molecule has 0 amide bonds. The zero-order valence-corrected chi connectivity index (χ0v) is 33.6. The Balaban J connectivity index is 1.26. The predicted octanol–water partition coefficient (Wildman–Crippen LogP) is 12.3. The Kier molecular flexibility index (Phi) is 7.70.